The fraction of sp³-hybridized carbons (Fsp3) is 0.571. The summed E-state index contributed by atoms with van der Waals surface area (Å²) < 4.78 is 72.4. The zero-order valence-corrected chi connectivity index (χ0v) is 34.9. The Morgan fingerprint density at radius 1 is 1.07 bits per heavy atom. The maximum atomic E-state index is 15.7. The summed E-state index contributed by atoms with van der Waals surface area (Å²) in [6.45, 7) is 7.49. The van der Waals surface area contributed by atoms with Crippen LogP contribution in [0.5, 0.6) is 11.5 Å². The summed E-state index contributed by atoms with van der Waals surface area (Å²) >= 11 is 1.50. The van der Waals surface area contributed by atoms with Gasteiger partial charge in [-0.25, -0.2) is 9.37 Å². The highest BCUT2D eigenvalue weighted by atomic mass is 32.1. The van der Waals surface area contributed by atoms with E-state index >= 15 is 4.39 Å². The fourth-order valence-corrected chi connectivity index (χ4v) is 8.45. The van der Waals surface area contributed by atoms with Gasteiger partial charge in [-0.15, -0.1) is 11.3 Å². The standard InChI is InChI=1S/C42H54F4N6O7S/c1-28(2)39-48-32(26-60-39)40(56)52-20-23-59-41(27-52)11-16-50(17-12-41)24-31-5-3-4-29(36(31)43)9-21-57-22-10-35(55)51(18-13-42(44,45)46)19-15-47-14-8-30-6-7-33(53)37-38(30)58-25-34(54)49-37/h3-7,26,28,47,53H,8-25,27H2,1-2H3,(H,49,54). The number of nitrogens with zero attached hydrogens (tertiary/aromatic N) is 4. The topological polar surface area (TPSA) is 146 Å². The van der Waals surface area contributed by atoms with Crippen molar-refractivity contribution in [2.45, 2.75) is 76.6 Å². The van der Waals surface area contributed by atoms with Crippen molar-refractivity contribution >= 4 is 34.7 Å². The molecule has 0 bridgehead atoms. The van der Waals surface area contributed by atoms with Gasteiger partial charge in [0.05, 0.1) is 49.8 Å². The number of hydrogen-bond acceptors (Lipinski definition) is 11. The highest BCUT2D eigenvalue weighted by Gasteiger charge is 2.41. The zero-order chi connectivity index (χ0) is 42.9. The van der Waals surface area contributed by atoms with Crippen LogP contribution in [0.3, 0.4) is 0 Å². The number of aromatic nitrogens is 1. The van der Waals surface area contributed by atoms with Crippen LogP contribution in [0.25, 0.3) is 0 Å². The summed E-state index contributed by atoms with van der Waals surface area (Å²) in [7, 11) is 0. The van der Waals surface area contributed by atoms with E-state index in [1.165, 1.54) is 17.4 Å². The molecule has 13 nitrogen and oxygen atoms in total. The lowest BCUT2D eigenvalue weighted by molar-refractivity contribution is -0.145. The summed E-state index contributed by atoms with van der Waals surface area (Å²) in [5.41, 5.74) is 1.99. The number of hydrogen-bond donors (Lipinski definition) is 3. The largest absolute Gasteiger partial charge is 0.506 e. The maximum Gasteiger partial charge on any atom is 0.390 e. The summed E-state index contributed by atoms with van der Waals surface area (Å²) in [6.07, 6.45) is -3.57. The Hall–Kier alpha value is -4.36. The number of likely N-dealkylation sites (tertiary alicyclic amines) is 1. The lowest BCUT2D eigenvalue weighted by atomic mass is 9.89. The smallest absolute Gasteiger partial charge is 0.390 e. The maximum absolute atomic E-state index is 15.7. The molecule has 3 N–H and O–H groups in total. The quantitative estimate of drug-likeness (QED) is 0.0851. The van der Waals surface area contributed by atoms with E-state index in [9.17, 15) is 32.7 Å². The van der Waals surface area contributed by atoms with Gasteiger partial charge in [0.1, 0.15) is 22.9 Å². The zero-order valence-electron chi connectivity index (χ0n) is 34.1. The van der Waals surface area contributed by atoms with E-state index in [4.69, 9.17) is 14.2 Å². The van der Waals surface area contributed by atoms with Crippen molar-refractivity contribution in [2.75, 3.05) is 84.1 Å². The van der Waals surface area contributed by atoms with Crippen molar-refractivity contribution in [2.24, 2.45) is 0 Å². The van der Waals surface area contributed by atoms with Crippen LogP contribution < -0.4 is 15.4 Å². The molecule has 3 aliphatic heterocycles. The fourth-order valence-electron chi connectivity index (χ4n) is 7.64. The Kier molecular flexibility index (Phi) is 15.4. The average molecular weight is 863 g/mol. The van der Waals surface area contributed by atoms with Crippen molar-refractivity contribution in [3.05, 3.63) is 68.9 Å². The summed E-state index contributed by atoms with van der Waals surface area (Å²) in [6, 6.07) is 8.37. The van der Waals surface area contributed by atoms with Crippen LogP contribution in [-0.4, -0.2) is 133 Å². The molecule has 60 heavy (non-hydrogen) atoms. The van der Waals surface area contributed by atoms with Crippen molar-refractivity contribution in [1.82, 2.24) is 25.0 Å². The Bertz CT molecular complexity index is 1960. The minimum Gasteiger partial charge on any atom is -0.506 e. The number of nitrogens with one attached hydrogen (secondary N) is 2. The molecule has 4 heterocycles. The van der Waals surface area contributed by atoms with Gasteiger partial charge in [0, 0.05) is 62.7 Å². The number of alkyl halides is 3. The number of thiazole rings is 1. The number of aromatic hydroxyl groups is 1. The molecule has 2 aromatic carbocycles. The number of piperidine rings is 1. The summed E-state index contributed by atoms with van der Waals surface area (Å²) in [4.78, 5) is 47.7. The highest BCUT2D eigenvalue weighted by Crippen LogP contribution is 2.39. The predicted molar refractivity (Wildman–Crippen MR) is 217 cm³/mol. The molecule has 0 radical (unpaired) electrons. The number of carbonyl (C=O) groups is 3. The van der Waals surface area contributed by atoms with Crippen molar-refractivity contribution in [1.29, 1.82) is 0 Å². The minimum atomic E-state index is -4.43. The summed E-state index contributed by atoms with van der Waals surface area (Å²) in [5, 5.41) is 18.5. The number of phenols is 1. The number of amides is 3. The number of morpholine rings is 1. The average Bonchev–Trinajstić information content (AvgIpc) is 3.72. The van der Waals surface area contributed by atoms with Gasteiger partial charge in [0.25, 0.3) is 11.8 Å². The molecule has 3 aliphatic rings. The van der Waals surface area contributed by atoms with E-state index in [2.05, 4.69) is 34.4 Å². The number of fused-ring (bicyclic) bond motifs is 1. The lowest BCUT2D eigenvalue weighted by Crippen LogP contribution is -2.58. The summed E-state index contributed by atoms with van der Waals surface area (Å²) in [5.74, 6) is -0.743. The number of carbonyl (C=O) groups excluding carboxylic acids is 3. The molecule has 2 fully saturated rings. The van der Waals surface area contributed by atoms with Gasteiger partial charge in [-0.05, 0) is 49.4 Å². The van der Waals surface area contributed by atoms with Gasteiger partial charge in [-0.2, -0.15) is 13.2 Å². The molecule has 0 atom stereocenters. The molecule has 328 valence electrons. The van der Waals surface area contributed by atoms with Gasteiger partial charge in [0.2, 0.25) is 5.91 Å². The second-order valence-electron chi connectivity index (χ2n) is 15.8. The molecule has 1 spiro atoms. The van der Waals surface area contributed by atoms with E-state index in [0.29, 0.717) is 87.7 Å². The van der Waals surface area contributed by atoms with Crippen LogP contribution in [0.4, 0.5) is 23.2 Å². The molecule has 1 aromatic heterocycles. The van der Waals surface area contributed by atoms with Crippen molar-refractivity contribution in [3.63, 3.8) is 0 Å². The van der Waals surface area contributed by atoms with E-state index in [1.807, 2.05) is 10.3 Å². The molecule has 6 rings (SSSR count). The Labute approximate surface area is 351 Å². The predicted octanol–water partition coefficient (Wildman–Crippen LogP) is 5.51. The molecular formula is C42H54F4N6O7S. The van der Waals surface area contributed by atoms with Crippen LogP contribution >= 0.6 is 11.3 Å². The first-order chi connectivity index (χ1) is 28.7. The van der Waals surface area contributed by atoms with Crippen LogP contribution in [0.2, 0.25) is 0 Å². The third-order valence-corrected chi connectivity index (χ3v) is 12.2. The number of phenolic OH excluding ortho intramolecular Hbond substituents is 1. The molecule has 2 saturated heterocycles. The monoisotopic (exact) mass is 862 g/mol. The molecule has 0 aliphatic carbocycles. The second kappa shape index (κ2) is 20.5. The number of ether oxygens (including phenoxy) is 3. The number of rotatable bonds is 18. The first-order valence-corrected chi connectivity index (χ1v) is 21.4. The molecule has 0 unspecified atom stereocenters. The highest BCUT2D eigenvalue weighted by molar-refractivity contribution is 7.09. The van der Waals surface area contributed by atoms with Gasteiger partial charge in [-0.3, -0.25) is 19.3 Å². The van der Waals surface area contributed by atoms with Crippen LogP contribution in [-0.2, 0) is 38.4 Å². The number of halogens is 4. The van der Waals surface area contributed by atoms with Crippen molar-refractivity contribution in [3.8, 4) is 11.5 Å². The van der Waals surface area contributed by atoms with Gasteiger partial charge >= 0.3 is 6.18 Å². The van der Waals surface area contributed by atoms with Crippen LogP contribution in [0.15, 0.2) is 35.7 Å². The lowest BCUT2D eigenvalue weighted by Gasteiger charge is -2.47. The number of anilines is 1. The van der Waals surface area contributed by atoms with E-state index in [-0.39, 0.29) is 80.7 Å². The Balaban J connectivity index is 0.911. The normalized spacial score (nSPS) is 16.8. The number of benzene rings is 2. The van der Waals surface area contributed by atoms with Crippen LogP contribution in [0.1, 0.15) is 77.6 Å². The Morgan fingerprint density at radius 3 is 2.60 bits per heavy atom. The first kappa shape index (κ1) is 45.2. The molecule has 3 aromatic rings. The van der Waals surface area contributed by atoms with E-state index in [0.717, 1.165) is 15.5 Å². The third-order valence-electron chi connectivity index (χ3n) is 11.0. The first-order valence-electron chi connectivity index (χ1n) is 20.5. The molecule has 3 amide bonds. The van der Waals surface area contributed by atoms with Gasteiger partial charge in [0.15, 0.2) is 12.4 Å². The molecule has 18 heteroatoms. The Morgan fingerprint density at radius 2 is 1.85 bits per heavy atom. The molecular weight excluding hydrogens is 809 g/mol. The molecule has 0 saturated carbocycles. The van der Waals surface area contributed by atoms with Crippen LogP contribution in [0, 0.1) is 5.82 Å². The van der Waals surface area contributed by atoms with Gasteiger partial charge < -0.3 is 39.8 Å². The van der Waals surface area contributed by atoms with Crippen molar-refractivity contribution < 1.29 is 51.3 Å². The van der Waals surface area contributed by atoms with E-state index in [1.54, 1.807) is 24.3 Å². The second-order valence-corrected chi connectivity index (χ2v) is 16.7. The third kappa shape index (κ3) is 12.1. The van der Waals surface area contributed by atoms with Gasteiger partial charge in [-0.1, -0.05) is 38.1 Å². The SMILES string of the molecule is CC(C)c1nc(C(=O)N2CCOC3(CCN(Cc4cccc(CCOCCC(=O)N(CCNCCc5ccc(O)c6c5OCC(=O)N6)CCC(F)(F)F)c4F)CC3)C2)cs1. The van der Waals surface area contributed by atoms with E-state index < -0.39 is 30.7 Å². The minimum absolute atomic E-state index is 0.0258.